The Hall–Kier alpha value is -1.02. The standard InChI is InChI=1S/C14H20O2/c1-2-13(15)8-9-16-14-7-6-11-4-3-5-12(11)10-14/h6-7,10,13,15H,2-5,8-9H2,1H3. The van der Waals surface area contributed by atoms with Crippen molar-refractivity contribution in [3.8, 4) is 5.75 Å². The van der Waals surface area contributed by atoms with Crippen LogP contribution in [0.2, 0.25) is 0 Å². The number of fused-ring (bicyclic) bond motifs is 1. The first kappa shape index (κ1) is 11.5. The molecule has 0 aromatic heterocycles. The molecule has 2 rings (SSSR count). The maximum absolute atomic E-state index is 9.41. The summed E-state index contributed by atoms with van der Waals surface area (Å²) in [7, 11) is 0. The number of aryl methyl sites for hydroxylation is 2. The molecular weight excluding hydrogens is 200 g/mol. The zero-order valence-electron chi connectivity index (χ0n) is 9.91. The van der Waals surface area contributed by atoms with Crippen molar-refractivity contribution in [2.24, 2.45) is 0 Å². The van der Waals surface area contributed by atoms with Crippen LogP contribution < -0.4 is 4.74 Å². The van der Waals surface area contributed by atoms with Gasteiger partial charge in [-0.05, 0) is 48.9 Å². The fraction of sp³-hybridized carbons (Fsp3) is 0.571. The van der Waals surface area contributed by atoms with Gasteiger partial charge in [-0.2, -0.15) is 0 Å². The van der Waals surface area contributed by atoms with Crippen LogP contribution in [0, 0.1) is 0 Å². The molecule has 1 atom stereocenters. The summed E-state index contributed by atoms with van der Waals surface area (Å²) in [5.74, 6) is 0.948. The Kier molecular flexibility index (Phi) is 3.83. The summed E-state index contributed by atoms with van der Waals surface area (Å²) >= 11 is 0. The van der Waals surface area contributed by atoms with Crippen LogP contribution in [-0.2, 0) is 12.8 Å². The monoisotopic (exact) mass is 220 g/mol. The first-order chi connectivity index (χ1) is 7.79. The van der Waals surface area contributed by atoms with E-state index in [4.69, 9.17) is 4.74 Å². The molecule has 0 aliphatic heterocycles. The highest BCUT2D eigenvalue weighted by Crippen LogP contribution is 2.26. The highest BCUT2D eigenvalue weighted by Gasteiger charge is 2.11. The van der Waals surface area contributed by atoms with Crippen molar-refractivity contribution in [1.82, 2.24) is 0 Å². The number of rotatable bonds is 5. The van der Waals surface area contributed by atoms with Gasteiger partial charge in [-0.1, -0.05) is 13.0 Å². The largest absolute Gasteiger partial charge is 0.493 e. The molecule has 0 saturated carbocycles. The molecule has 0 bridgehead atoms. The van der Waals surface area contributed by atoms with Crippen LogP contribution in [0.3, 0.4) is 0 Å². The van der Waals surface area contributed by atoms with Gasteiger partial charge in [0.1, 0.15) is 5.75 Å². The van der Waals surface area contributed by atoms with Crippen LogP contribution in [0.5, 0.6) is 5.75 Å². The number of ether oxygens (including phenoxy) is 1. The second-order valence-electron chi connectivity index (χ2n) is 4.48. The van der Waals surface area contributed by atoms with Crippen LogP contribution in [0.15, 0.2) is 18.2 Å². The molecular formula is C14H20O2. The van der Waals surface area contributed by atoms with Crippen molar-refractivity contribution in [2.75, 3.05) is 6.61 Å². The summed E-state index contributed by atoms with van der Waals surface area (Å²) in [6.45, 7) is 2.59. The Morgan fingerprint density at radius 1 is 1.31 bits per heavy atom. The molecule has 1 N–H and O–H groups in total. The first-order valence-electron chi connectivity index (χ1n) is 6.22. The van der Waals surface area contributed by atoms with Gasteiger partial charge in [-0.15, -0.1) is 0 Å². The summed E-state index contributed by atoms with van der Waals surface area (Å²) in [6.07, 6.45) is 4.96. The maximum atomic E-state index is 9.41. The van der Waals surface area contributed by atoms with Crippen molar-refractivity contribution in [1.29, 1.82) is 0 Å². The van der Waals surface area contributed by atoms with Gasteiger partial charge in [0.2, 0.25) is 0 Å². The molecule has 0 amide bonds. The van der Waals surface area contributed by atoms with Gasteiger partial charge < -0.3 is 9.84 Å². The lowest BCUT2D eigenvalue weighted by atomic mass is 10.1. The van der Waals surface area contributed by atoms with E-state index in [0.29, 0.717) is 13.0 Å². The highest BCUT2D eigenvalue weighted by atomic mass is 16.5. The minimum Gasteiger partial charge on any atom is -0.493 e. The third-order valence-corrected chi connectivity index (χ3v) is 3.26. The Labute approximate surface area is 97.3 Å². The minimum atomic E-state index is -0.227. The van der Waals surface area contributed by atoms with E-state index < -0.39 is 0 Å². The van der Waals surface area contributed by atoms with E-state index in [1.807, 2.05) is 13.0 Å². The van der Waals surface area contributed by atoms with Crippen LogP contribution in [0.25, 0.3) is 0 Å². The lowest BCUT2D eigenvalue weighted by Gasteiger charge is -2.10. The molecule has 2 heteroatoms. The maximum Gasteiger partial charge on any atom is 0.119 e. The number of hydrogen-bond acceptors (Lipinski definition) is 2. The molecule has 1 aromatic carbocycles. The van der Waals surface area contributed by atoms with Crippen molar-refractivity contribution in [3.63, 3.8) is 0 Å². The van der Waals surface area contributed by atoms with Crippen LogP contribution in [0.1, 0.15) is 37.3 Å². The molecule has 0 saturated heterocycles. The predicted octanol–water partition coefficient (Wildman–Crippen LogP) is 2.72. The van der Waals surface area contributed by atoms with Crippen LogP contribution >= 0.6 is 0 Å². The summed E-state index contributed by atoms with van der Waals surface area (Å²) in [6, 6.07) is 6.37. The van der Waals surface area contributed by atoms with Gasteiger partial charge >= 0.3 is 0 Å². The van der Waals surface area contributed by atoms with E-state index in [0.717, 1.165) is 12.2 Å². The molecule has 1 unspecified atom stereocenters. The van der Waals surface area contributed by atoms with Crippen LogP contribution in [-0.4, -0.2) is 17.8 Å². The van der Waals surface area contributed by atoms with Crippen molar-refractivity contribution >= 4 is 0 Å². The van der Waals surface area contributed by atoms with Crippen molar-refractivity contribution in [2.45, 2.75) is 45.1 Å². The van der Waals surface area contributed by atoms with Crippen molar-refractivity contribution in [3.05, 3.63) is 29.3 Å². The summed E-state index contributed by atoms with van der Waals surface area (Å²) in [4.78, 5) is 0. The number of benzene rings is 1. The lowest BCUT2D eigenvalue weighted by Crippen LogP contribution is -2.10. The Balaban J connectivity index is 1.86. The topological polar surface area (TPSA) is 29.5 Å². The fourth-order valence-electron chi connectivity index (χ4n) is 2.15. The zero-order chi connectivity index (χ0) is 11.4. The normalized spacial score (nSPS) is 15.9. The summed E-state index contributed by atoms with van der Waals surface area (Å²) < 4.78 is 5.64. The molecule has 16 heavy (non-hydrogen) atoms. The van der Waals surface area contributed by atoms with E-state index in [1.165, 1.54) is 30.4 Å². The number of hydrogen-bond donors (Lipinski definition) is 1. The van der Waals surface area contributed by atoms with Crippen molar-refractivity contribution < 1.29 is 9.84 Å². The third kappa shape index (κ3) is 2.76. The van der Waals surface area contributed by atoms with Gasteiger partial charge in [0.05, 0.1) is 12.7 Å². The fourth-order valence-corrected chi connectivity index (χ4v) is 2.15. The average Bonchev–Trinajstić information content (AvgIpc) is 2.76. The van der Waals surface area contributed by atoms with Gasteiger partial charge in [0.15, 0.2) is 0 Å². The lowest BCUT2D eigenvalue weighted by molar-refractivity contribution is 0.135. The van der Waals surface area contributed by atoms with E-state index in [2.05, 4.69) is 12.1 Å². The molecule has 0 radical (unpaired) electrons. The average molecular weight is 220 g/mol. The molecule has 0 heterocycles. The van der Waals surface area contributed by atoms with Gasteiger partial charge in [0, 0.05) is 6.42 Å². The summed E-state index contributed by atoms with van der Waals surface area (Å²) in [5, 5.41) is 9.41. The smallest absolute Gasteiger partial charge is 0.119 e. The SMILES string of the molecule is CCC(O)CCOc1ccc2c(c1)CCC2. The van der Waals surface area contributed by atoms with Gasteiger partial charge in [-0.3, -0.25) is 0 Å². The first-order valence-corrected chi connectivity index (χ1v) is 6.22. The van der Waals surface area contributed by atoms with E-state index in [-0.39, 0.29) is 6.10 Å². The van der Waals surface area contributed by atoms with Gasteiger partial charge in [0.25, 0.3) is 0 Å². The molecule has 88 valence electrons. The second-order valence-corrected chi connectivity index (χ2v) is 4.48. The zero-order valence-corrected chi connectivity index (χ0v) is 9.91. The van der Waals surface area contributed by atoms with E-state index in [1.54, 1.807) is 0 Å². The molecule has 0 fully saturated rings. The Morgan fingerprint density at radius 3 is 2.94 bits per heavy atom. The van der Waals surface area contributed by atoms with E-state index in [9.17, 15) is 5.11 Å². The molecule has 1 aliphatic carbocycles. The minimum absolute atomic E-state index is 0.227. The molecule has 1 aliphatic rings. The molecule has 2 nitrogen and oxygen atoms in total. The number of aliphatic hydroxyl groups excluding tert-OH is 1. The predicted molar refractivity (Wildman–Crippen MR) is 64.9 cm³/mol. The number of aliphatic hydroxyl groups is 1. The van der Waals surface area contributed by atoms with Crippen LogP contribution in [0.4, 0.5) is 0 Å². The van der Waals surface area contributed by atoms with E-state index >= 15 is 0 Å². The third-order valence-electron chi connectivity index (χ3n) is 3.26. The van der Waals surface area contributed by atoms with Gasteiger partial charge in [-0.25, -0.2) is 0 Å². The quantitative estimate of drug-likeness (QED) is 0.826. The Bertz CT molecular complexity index is 347. The summed E-state index contributed by atoms with van der Waals surface area (Å²) in [5.41, 5.74) is 2.91. The molecule has 0 spiro atoms. The molecule has 1 aromatic rings. The highest BCUT2D eigenvalue weighted by molar-refractivity contribution is 5.38. The Morgan fingerprint density at radius 2 is 2.12 bits per heavy atom. The second kappa shape index (κ2) is 5.35.